The van der Waals surface area contributed by atoms with Gasteiger partial charge in [0.2, 0.25) is 0 Å². The van der Waals surface area contributed by atoms with Crippen LogP contribution < -0.4 is 4.74 Å². The number of hydrogen-bond donors (Lipinski definition) is 0. The molecule has 0 spiro atoms. The highest BCUT2D eigenvalue weighted by molar-refractivity contribution is 9.10. The van der Waals surface area contributed by atoms with Crippen LogP contribution >= 0.6 is 15.9 Å². The molecule has 1 heterocycles. The van der Waals surface area contributed by atoms with Crippen molar-refractivity contribution in [2.75, 3.05) is 7.11 Å². The van der Waals surface area contributed by atoms with Gasteiger partial charge in [-0.3, -0.25) is 4.18 Å². The van der Waals surface area contributed by atoms with Crippen LogP contribution in [0.5, 0.6) is 5.75 Å². The second-order valence-corrected chi connectivity index (χ2v) is 8.43. The number of aryl methyl sites for hydroxylation is 2. The molecule has 0 radical (unpaired) electrons. The molecule has 0 saturated heterocycles. The first-order chi connectivity index (χ1) is 11.4. The lowest BCUT2D eigenvalue weighted by Gasteiger charge is -2.16. The molecule has 1 unspecified atom stereocenters. The Kier molecular flexibility index (Phi) is 4.73. The molecule has 1 atom stereocenters. The lowest BCUT2D eigenvalue weighted by atomic mass is 10.0. The van der Waals surface area contributed by atoms with Crippen LogP contribution in [0.15, 0.2) is 39.7 Å². The van der Waals surface area contributed by atoms with Crippen molar-refractivity contribution in [1.82, 2.24) is 0 Å². The molecular formula is C18H19BrO4S. The average Bonchev–Trinajstić information content (AvgIpc) is 2.99. The molecule has 0 aromatic heterocycles. The van der Waals surface area contributed by atoms with Gasteiger partial charge in [-0.15, -0.1) is 0 Å². The first-order valence-corrected chi connectivity index (χ1v) is 9.95. The van der Waals surface area contributed by atoms with Crippen LogP contribution in [0, 0.1) is 6.92 Å². The fourth-order valence-corrected chi connectivity index (χ4v) is 4.53. The Morgan fingerprint density at radius 2 is 2.04 bits per heavy atom. The molecule has 2 aromatic rings. The van der Waals surface area contributed by atoms with Crippen molar-refractivity contribution >= 4 is 26.0 Å². The van der Waals surface area contributed by atoms with Crippen LogP contribution in [0.25, 0.3) is 0 Å². The first-order valence-electron chi connectivity index (χ1n) is 7.75. The zero-order chi connectivity index (χ0) is 17.5. The van der Waals surface area contributed by atoms with Crippen LogP contribution in [0.2, 0.25) is 0 Å². The maximum atomic E-state index is 12.2. The van der Waals surface area contributed by atoms with Gasteiger partial charge in [0.25, 0.3) is 10.1 Å². The molecule has 6 heteroatoms. The Morgan fingerprint density at radius 1 is 1.29 bits per heavy atom. The molecule has 3 rings (SSSR count). The van der Waals surface area contributed by atoms with Gasteiger partial charge in [0, 0.05) is 12.0 Å². The molecule has 0 N–H and O–H groups in total. The smallest absolute Gasteiger partial charge is 0.297 e. The highest BCUT2D eigenvalue weighted by Gasteiger charge is 2.31. The summed E-state index contributed by atoms with van der Waals surface area (Å²) in [6.07, 6.45) is 1.23. The van der Waals surface area contributed by atoms with Gasteiger partial charge in [0.05, 0.1) is 11.6 Å². The quantitative estimate of drug-likeness (QED) is 0.703. The third-order valence-electron chi connectivity index (χ3n) is 4.25. The van der Waals surface area contributed by atoms with Crippen LogP contribution in [0.3, 0.4) is 0 Å². The lowest BCUT2D eigenvalue weighted by Crippen LogP contribution is -2.12. The minimum atomic E-state index is -3.79. The van der Waals surface area contributed by atoms with Crippen LogP contribution in [0.1, 0.15) is 35.3 Å². The van der Waals surface area contributed by atoms with Crippen molar-refractivity contribution < 1.29 is 17.3 Å². The number of halogens is 1. The Hall–Kier alpha value is -1.37. The minimum absolute atomic E-state index is 0.167. The number of rotatable bonds is 4. The maximum absolute atomic E-state index is 12.2. The van der Waals surface area contributed by atoms with Crippen LogP contribution in [-0.4, -0.2) is 15.5 Å². The van der Waals surface area contributed by atoms with E-state index in [1.807, 2.05) is 19.1 Å². The van der Waals surface area contributed by atoms with Gasteiger partial charge in [-0.1, -0.05) is 30.7 Å². The normalized spacial score (nSPS) is 16.8. The van der Waals surface area contributed by atoms with E-state index in [1.54, 1.807) is 12.1 Å². The molecule has 1 aliphatic heterocycles. The first kappa shape index (κ1) is 17.5. The molecule has 2 aromatic carbocycles. The van der Waals surface area contributed by atoms with Crippen molar-refractivity contribution in [3.8, 4) is 5.75 Å². The molecule has 0 aliphatic carbocycles. The predicted octanol–water partition coefficient (Wildman–Crippen LogP) is 4.33. The Bertz CT molecular complexity index is 890. The Morgan fingerprint density at radius 3 is 2.71 bits per heavy atom. The van der Waals surface area contributed by atoms with E-state index in [1.165, 1.54) is 12.7 Å². The summed E-state index contributed by atoms with van der Waals surface area (Å²) < 4.78 is 36.2. The van der Waals surface area contributed by atoms with E-state index in [4.69, 9.17) is 8.92 Å². The van der Waals surface area contributed by atoms with Gasteiger partial charge in [0.15, 0.2) is 0 Å². The van der Waals surface area contributed by atoms with Crippen molar-refractivity contribution in [3.05, 3.63) is 57.1 Å². The Labute approximate surface area is 151 Å². The van der Waals surface area contributed by atoms with E-state index >= 15 is 0 Å². The summed E-state index contributed by atoms with van der Waals surface area (Å²) in [5.74, 6) is 0.791. The number of hydrogen-bond acceptors (Lipinski definition) is 4. The zero-order valence-electron chi connectivity index (χ0n) is 13.8. The van der Waals surface area contributed by atoms with Crippen molar-refractivity contribution in [2.45, 2.75) is 37.7 Å². The van der Waals surface area contributed by atoms with E-state index in [2.05, 4.69) is 28.9 Å². The van der Waals surface area contributed by atoms with E-state index in [0.717, 1.165) is 27.8 Å². The molecule has 0 fully saturated rings. The average molecular weight is 411 g/mol. The second kappa shape index (κ2) is 6.50. The summed E-state index contributed by atoms with van der Waals surface area (Å²) in [5.41, 5.74) is 3.93. The van der Waals surface area contributed by atoms with Gasteiger partial charge < -0.3 is 4.74 Å². The molecule has 24 heavy (non-hydrogen) atoms. The van der Waals surface area contributed by atoms with Gasteiger partial charge in [-0.05, 0) is 52.5 Å². The third kappa shape index (κ3) is 3.10. The van der Waals surface area contributed by atoms with E-state index in [-0.39, 0.29) is 11.0 Å². The molecule has 0 amide bonds. The molecule has 0 bridgehead atoms. The third-order valence-corrected chi connectivity index (χ3v) is 6.19. The fourth-order valence-electron chi connectivity index (χ4n) is 2.99. The molecule has 0 saturated carbocycles. The van der Waals surface area contributed by atoms with Gasteiger partial charge in [0.1, 0.15) is 16.7 Å². The predicted molar refractivity (Wildman–Crippen MR) is 96.0 cm³/mol. The molecule has 4 nitrogen and oxygen atoms in total. The summed E-state index contributed by atoms with van der Waals surface area (Å²) in [6.45, 7) is 4.03. The van der Waals surface area contributed by atoms with Crippen molar-refractivity contribution in [2.24, 2.45) is 0 Å². The standard InChI is InChI=1S/C18H19BrO4S/c1-4-12-8-13-10-16(23-18(13)15(19)9-12)14-7-11(2)5-6-17(14)24(20,21)22-3/h5-9,16H,4,10H2,1-3H3. The highest BCUT2D eigenvalue weighted by atomic mass is 79.9. The maximum Gasteiger partial charge on any atom is 0.297 e. The largest absolute Gasteiger partial charge is 0.484 e. The number of benzene rings is 2. The zero-order valence-corrected chi connectivity index (χ0v) is 16.2. The fraction of sp³-hybridized carbons (Fsp3) is 0.333. The monoisotopic (exact) mass is 410 g/mol. The second-order valence-electron chi connectivity index (χ2n) is 5.89. The summed E-state index contributed by atoms with van der Waals surface area (Å²) in [5, 5.41) is 0. The summed E-state index contributed by atoms with van der Waals surface area (Å²) >= 11 is 3.56. The van der Waals surface area contributed by atoms with Crippen molar-refractivity contribution in [1.29, 1.82) is 0 Å². The Balaban J connectivity index is 2.06. The topological polar surface area (TPSA) is 52.6 Å². The molecule has 128 valence electrons. The van der Waals surface area contributed by atoms with Gasteiger partial charge >= 0.3 is 0 Å². The molecular weight excluding hydrogens is 392 g/mol. The summed E-state index contributed by atoms with van der Waals surface area (Å²) in [4.78, 5) is 0.167. The van der Waals surface area contributed by atoms with Crippen molar-refractivity contribution in [3.63, 3.8) is 0 Å². The van der Waals surface area contributed by atoms with Gasteiger partial charge in [-0.25, -0.2) is 0 Å². The van der Waals surface area contributed by atoms with Crippen LogP contribution in [0.4, 0.5) is 0 Å². The summed E-state index contributed by atoms with van der Waals surface area (Å²) in [6, 6.07) is 9.38. The number of ether oxygens (including phenoxy) is 1. The SMILES string of the molecule is CCc1cc(Br)c2c(c1)CC(c1cc(C)ccc1S(=O)(=O)OC)O2. The number of fused-ring (bicyclic) bond motifs is 1. The molecule has 1 aliphatic rings. The lowest BCUT2D eigenvalue weighted by molar-refractivity contribution is 0.233. The van der Waals surface area contributed by atoms with Crippen LogP contribution in [-0.2, 0) is 27.1 Å². The summed E-state index contributed by atoms with van der Waals surface area (Å²) in [7, 11) is -2.61. The van der Waals surface area contributed by atoms with E-state index in [9.17, 15) is 8.42 Å². The van der Waals surface area contributed by atoms with E-state index < -0.39 is 10.1 Å². The minimum Gasteiger partial charge on any atom is -0.484 e. The highest BCUT2D eigenvalue weighted by Crippen LogP contribution is 2.43. The van der Waals surface area contributed by atoms with Gasteiger partial charge in [-0.2, -0.15) is 8.42 Å². The van der Waals surface area contributed by atoms with E-state index in [0.29, 0.717) is 12.0 Å².